The smallest absolute Gasteiger partial charge is 0.148 e. The highest BCUT2D eigenvalue weighted by atomic mass is 35.5. The summed E-state index contributed by atoms with van der Waals surface area (Å²) in [5, 5.41) is 0. The Morgan fingerprint density at radius 3 is 2.43 bits per heavy atom. The van der Waals surface area contributed by atoms with Crippen LogP contribution in [0.3, 0.4) is 0 Å². The molecule has 2 rings (SSSR count). The average molecular weight is 326 g/mol. The van der Waals surface area contributed by atoms with Gasteiger partial charge in [0.25, 0.3) is 0 Å². The monoisotopic (exact) mass is 325 g/mol. The molecule has 2 N–H and O–H groups in total. The second kappa shape index (κ2) is 7.80. The third kappa shape index (κ3) is 4.71. The van der Waals surface area contributed by atoms with Crippen LogP contribution in [0.5, 0.6) is 5.75 Å². The molecule has 1 heterocycles. The van der Waals surface area contributed by atoms with Crippen LogP contribution >= 0.6 is 22.9 Å². The summed E-state index contributed by atoms with van der Waals surface area (Å²) in [4.78, 5) is 1.04. The first kappa shape index (κ1) is 16.3. The molecule has 0 amide bonds. The minimum absolute atomic E-state index is 0.118. The van der Waals surface area contributed by atoms with Gasteiger partial charge in [-0.3, -0.25) is 0 Å². The molecule has 0 radical (unpaired) electrons. The zero-order valence-electron chi connectivity index (χ0n) is 12.2. The lowest BCUT2D eigenvalue weighted by Crippen LogP contribution is -2.28. The number of benzene rings is 1. The lowest BCUT2D eigenvalue weighted by atomic mass is 10.1. The second-order valence-corrected chi connectivity index (χ2v) is 6.67. The van der Waals surface area contributed by atoms with Crippen molar-refractivity contribution in [2.75, 3.05) is 13.7 Å². The van der Waals surface area contributed by atoms with Crippen molar-refractivity contribution in [2.24, 2.45) is 5.73 Å². The number of thiophene rings is 1. The third-order valence-electron chi connectivity index (χ3n) is 3.13. The van der Waals surface area contributed by atoms with E-state index >= 15 is 0 Å². The van der Waals surface area contributed by atoms with Gasteiger partial charge in [0.1, 0.15) is 11.9 Å². The van der Waals surface area contributed by atoms with Crippen LogP contribution in [-0.4, -0.2) is 19.8 Å². The molecular weight excluding hydrogens is 306 g/mol. The van der Waals surface area contributed by atoms with Gasteiger partial charge < -0.3 is 15.2 Å². The minimum Gasteiger partial charge on any atom is -0.483 e. The van der Waals surface area contributed by atoms with Gasteiger partial charge in [-0.05, 0) is 43.2 Å². The number of nitrogens with two attached hydrogens (primary N) is 1. The van der Waals surface area contributed by atoms with Crippen LogP contribution in [-0.2, 0) is 11.2 Å². The molecule has 0 bridgehead atoms. The van der Waals surface area contributed by atoms with Gasteiger partial charge in [-0.15, -0.1) is 11.3 Å². The zero-order valence-corrected chi connectivity index (χ0v) is 13.8. The van der Waals surface area contributed by atoms with E-state index in [-0.39, 0.29) is 12.1 Å². The first-order chi connectivity index (χ1) is 10.1. The van der Waals surface area contributed by atoms with Crippen molar-refractivity contribution in [3.05, 3.63) is 51.2 Å². The highest BCUT2D eigenvalue weighted by molar-refractivity contribution is 7.16. The molecule has 114 valence electrons. The standard InChI is InChI=1S/C16H20ClNO2S/c1-11(18)16(14-7-8-15(17)21-14)20-13-5-3-12(4-6-13)9-10-19-2/h3-8,11,16H,9-10,18H2,1-2H3. The molecule has 5 heteroatoms. The molecule has 2 aromatic rings. The van der Waals surface area contributed by atoms with Crippen molar-refractivity contribution >= 4 is 22.9 Å². The molecule has 0 aliphatic rings. The van der Waals surface area contributed by atoms with E-state index in [2.05, 4.69) is 0 Å². The molecule has 1 aromatic carbocycles. The van der Waals surface area contributed by atoms with E-state index in [0.717, 1.165) is 28.0 Å². The normalized spacial score (nSPS) is 13.9. The molecule has 3 nitrogen and oxygen atoms in total. The predicted octanol–water partition coefficient (Wildman–Crippen LogP) is 4.06. The van der Waals surface area contributed by atoms with Gasteiger partial charge in [0, 0.05) is 18.0 Å². The van der Waals surface area contributed by atoms with E-state index in [1.165, 1.54) is 16.9 Å². The van der Waals surface area contributed by atoms with Gasteiger partial charge in [0.05, 0.1) is 10.9 Å². The number of rotatable bonds is 7. The van der Waals surface area contributed by atoms with Gasteiger partial charge in [0.2, 0.25) is 0 Å². The maximum absolute atomic E-state index is 6.04. The lowest BCUT2D eigenvalue weighted by Gasteiger charge is -2.21. The predicted molar refractivity (Wildman–Crippen MR) is 88.4 cm³/mol. The summed E-state index contributed by atoms with van der Waals surface area (Å²) < 4.78 is 11.8. The number of methoxy groups -OCH3 is 1. The molecule has 0 fully saturated rings. The van der Waals surface area contributed by atoms with E-state index in [9.17, 15) is 0 Å². The molecule has 0 saturated heterocycles. The van der Waals surface area contributed by atoms with Crippen LogP contribution in [0.15, 0.2) is 36.4 Å². The van der Waals surface area contributed by atoms with E-state index in [1.807, 2.05) is 43.3 Å². The van der Waals surface area contributed by atoms with Crippen molar-refractivity contribution in [3.63, 3.8) is 0 Å². The largest absolute Gasteiger partial charge is 0.483 e. The Kier molecular flexibility index (Phi) is 6.06. The molecule has 0 saturated carbocycles. The molecule has 21 heavy (non-hydrogen) atoms. The molecular formula is C16H20ClNO2S. The van der Waals surface area contributed by atoms with Crippen molar-refractivity contribution in [1.82, 2.24) is 0 Å². The first-order valence-electron chi connectivity index (χ1n) is 6.85. The Labute approximate surface area is 134 Å². The van der Waals surface area contributed by atoms with Crippen LogP contribution in [0.2, 0.25) is 4.34 Å². The van der Waals surface area contributed by atoms with Gasteiger partial charge in [-0.25, -0.2) is 0 Å². The van der Waals surface area contributed by atoms with Gasteiger partial charge >= 0.3 is 0 Å². The number of ether oxygens (including phenoxy) is 2. The van der Waals surface area contributed by atoms with Crippen LogP contribution in [0.4, 0.5) is 0 Å². The van der Waals surface area contributed by atoms with Crippen LogP contribution < -0.4 is 10.5 Å². The summed E-state index contributed by atoms with van der Waals surface area (Å²) in [6, 6.07) is 11.8. The third-order valence-corrected chi connectivity index (χ3v) is 4.43. The average Bonchev–Trinajstić information content (AvgIpc) is 2.89. The fourth-order valence-corrected chi connectivity index (χ4v) is 3.21. The minimum atomic E-state index is -0.188. The molecule has 0 spiro atoms. The maximum Gasteiger partial charge on any atom is 0.148 e. The lowest BCUT2D eigenvalue weighted by molar-refractivity contribution is 0.184. The second-order valence-electron chi connectivity index (χ2n) is 4.93. The van der Waals surface area contributed by atoms with Crippen LogP contribution in [0.25, 0.3) is 0 Å². The Hall–Kier alpha value is -1.07. The fourth-order valence-electron chi connectivity index (χ4n) is 2.01. The highest BCUT2D eigenvalue weighted by Crippen LogP contribution is 2.31. The SMILES string of the molecule is COCCc1ccc(OC(c2ccc(Cl)s2)C(C)N)cc1. The van der Waals surface area contributed by atoms with Gasteiger partial charge in [-0.1, -0.05) is 23.7 Å². The molecule has 2 unspecified atom stereocenters. The molecule has 2 atom stereocenters. The van der Waals surface area contributed by atoms with E-state index in [1.54, 1.807) is 7.11 Å². The Morgan fingerprint density at radius 2 is 1.90 bits per heavy atom. The van der Waals surface area contributed by atoms with Crippen molar-refractivity contribution in [1.29, 1.82) is 0 Å². The molecule has 1 aromatic heterocycles. The number of halogens is 1. The van der Waals surface area contributed by atoms with Gasteiger partial charge in [0.15, 0.2) is 0 Å². The zero-order chi connectivity index (χ0) is 15.2. The van der Waals surface area contributed by atoms with Crippen LogP contribution in [0.1, 0.15) is 23.5 Å². The summed E-state index contributed by atoms with van der Waals surface area (Å²) in [5.74, 6) is 0.808. The first-order valence-corrected chi connectivity index (χ1v) is 8.05. The Balaban J connectivity index is 2.07. The van der Waals surface area contributed by atoms with Crippen molar-refractivity contribution in [3.8, 4) is 5.75 Å². The quantitative estimate of drug-likeness (QED) is 0.835. The fraction of sp³-hybridized carbons (Fsp3) is 0.375. The topological polar surface area (TPSA) is 44.5 Å². The van der Waals surface area contributed by atoms with E-state index < -0.39 is 0 Å². The highest BCUT2D eigenvalue weighted by Gasteiger charge is 2.20. The molecule has 0 aliphatic carbocycles. The van der Waals surface area contributed by atoms with Gasteiger partial charge in [-0.2, -0.15) is 0 Å². The number of hydrogen-bond acceptors (Lipinski definition) is 4. The van der Waals surface area contributed by atoms with E-state index in [4.69, 9.17) is 26.8 Å². The molecule has 0 aliphatic heterocycles. The Bertz CT molecular complexity index is 554. The summed E-state index contributed by atoms with van der Waals surface area (Å²) in [6.45, 7) is 2.65. The summed E-state index contributed by atoms with van der Waals surface area (Å²) in [5.41, 5.74) is 7.27. The summed E-state index contributed by atoms with van der Waals surface area (Å²) >= 11 is 7.49. The van der Waals surface area contributed by atoms with Crippen LogP contribution in [0, 0.1) is 0 Å². The summed E-state index contributed by atoms with van der Waals surface area (Å²) in [6.07, 6.45) is 0.709. The van der Waals surface area contributed by atoms with Crippen molar-refractivity contribution < 1.29 is 9.47 Å². The summed E-state index contributed by atoms with van der Waals surface area (Å²) in [7, 11) is 1.71. The maximum atomic E-state index is 6.04. The van der Waals surface area contributed by atoms with E-state index in [0.29, 0.717) is 0 Å². The number of hydrogen-bond donors (Lipinski definition) is 1. The Morgan fingerprint density at radius 1 is 1.19 bits per heavy atom. The van der Waals surface area contributed by atoms with Crippen molar-refractivity contribution in [2.45, 2.75) is 25.5 Å².